The van der Waals surface area contributed by atoms with Gasteiger partial charge in [0, 0.05) is 29.7 Å². The largest absolute Gasteiger partial charge is 0.352 e. The molecule has 1 fully saturated rings. The second kappa shape index (κ2) is 7.64. The zero-order chi connectivity index (χ0) is 16.1. The predicted molar refractivity (Wildman–Crippen MR) is 91.6 cm³/mol. The van der Waals surface area contributed by atoms with E-state index in [2.05, 4.69) is 10.4 Å². The highest BCUT2D eigenvalue weighted by atomic mass is 35.5. The molecule has 0 radical (unpaired) electrons. The monoisotopic (exact) mass is 331 g/mol. The Kier molecular flexibility index (Phi) is 5.34. The van der Waals surface area contributed by atoms with Gasteiger partial charge in [0.15, 0.2) is 0 Å². The summed E-state index contributed by atoms with van der Waals surface area (Å²) in [4.78, 5) is 12.0. The molecule has 3 rings (SSSR count). The van der Waals surface area contributed by atoms with Crippen molar-refractivity contribution in [2.45, 2.75) is 45.1 Å². The molecule has 1 heterocycles. The molecule has 1 aliphatic carbocycles. The van der Waals surface area contributed by atoms with E-state index in [1.54, 1.807) is 10.9 Å². The molecule has 1 saturated carbocycles. The van der Waals surface area contributed by atoms with Crippen LogP contribution in [0.25, 0.3) is 5.69 Å². The van der Waals surface area contributed by atoms with Crippen molar-refractivity contribution in [1.29, 1.82) is 0 Å². The smallest absolute Gasteiger partial charge is 0.220 e. The summed E-state index contributed by atoms with van der Waals surface area (Å²) in [7, 11) is 0. The summed E-state index contributed by atoms with van der Waals surface area (Å²) in [5.74, 6) is 0.719. The number of rotatable bonds is 5. The molecule has 0 unspecified atom stereocenters. The van der Waals surface area contributed by atoms with Crippen molar-refractivity contribution in [2.75, 3.05) is 0 Å². The average molecular weight is 332 g/mol. The van der Waals surface area contributed by atoms with Crippen LogP contribution in [0.15, 0.2) is 36.7 Å². The lowest BCUT2D eigenvalue weighted by Crippen LogP contribution is -2.25. The lowest BCUT2D eigenvalue weighted by atomic mass is 9.87. The predicted octanol–water partition coefficient (Wildman–Crippen LogP) is 4.11. The first-order valence-corrected chi connectivity index (χ1v) is 8.65. The van der Waals surface area contributed by atoms with Crippen LogP contribution in [0.1, 0.15) is 44.1 Å². The Labute approximate surface area is 141 Å². The van der Waals surface area contributed by atoms with Crippen molar-refractivity contribution >= 4 is 17.5 Å². The molecule has 1 aromatic heterocycles. The lowest BCUT2D eigenvalue weighted by molar-refractivity contribution is -0.122. The van der Waals surface area contributed by atoms with Crippen molar-refractivity contribution in [3.63, 3.8) is 0 Å². The van der Waals surface area contributed by atoms with Gasteiger partial charge in [0.2, 0.25) is 5.91 Å². The van der Waals surface area contributed by atoms with Gasteiger partial charge in [-0.1, -0.05) is 30.9 Å². The minimum absolute atomic E-state index is 0.149. The Morgan fingerprint density at radius 1 is 1.22 bits per heavy atom. The van der Waals surface area contributed by atoms with Gasteiger partial charge in [0.25, 0.3) is 0 Å². The third-order valence-corrected chi connectivity index (χ3v) is 4.67. The third kappa shape index (κ3) is 4.58. The number of hydrogen-bond acceptors (Lipinski definition) is 2. The summed E-state index contributed by atoms with van der Waals surface area (Å²) in [6.45, 7) is 0.527. The molecule has 1 aliphatic rings. The Morgan fingerprint density at radius 3 is 2.70 bits per heavy atom. The van der Waals surface area contributed by atoms with Gasteiger partial charge in [0.1, 0.15) is 0 Å². The number of aromatic nitrogens is 2. The summed E-state index contributed by atoms with van der Waals surface area (Å²) >= 11 is 5.89. The van der Waals surface area contributed by atoms with Crippen LogP contribution in [0.3, 0.4) is 0 Å². The molecular formula is C18H22ClN3O. The highest BCUT2D eigenvalue weighted by Crippen LogP contribution is 2.26. The number of halogens is 1. The third-order valence-electron chi connectivity index (χ3n) is 4.42. The van der Waals surface area contributed by atoms with Crippen LogP contribution in [0.2, 0.25) is 5.02 Å². The summed E-state index contributed by atoms with van der Waals surface area (Å²) < 4.78 is 1.79. The van der Waals surface area contributed by atoms with E-state index in [9.17, 15) is 4.79 Å². The highest BCUT2D eigenvalue weighted by Gasteiger charge is 2.16. The Bertz CT molecular complexity index is 645. The fourth-order valence-corrected chi connectivity index (χ4v) is 3.24. The van der Waals surface area contributed by atoms with E-state index in [4.69, 9.17) is 11.6 Å². The van der Waals surface area contributed by atoms with Gasteiger partial charge in [-0.2, -0.15) is 5.10 Å². The number of nitrogens with zero attached hydrogens (tertiary/aromatic N) is 2. The molecule has 4 nitrogen and oxygen atoms in total. The summed E-state index contributed by atoms with van der Waals surface area (Å²) in [5, 5.41) is 8.04. The standard InChI is InChI=1S/C18H22ClN3O/c19-16-6-8-17(9-7-16)22-13-15(12-21-22)11-20-18(23)10-14-4-2-1-3-5-14/h6-9,12-14H,1-5,10-11H2,(H,20,23). The fraction of sp³-hybridized carbons (Fsp3) is 0.444. The second-order valence-corrected chi connectivity index (χ2v) is 6.69. The zero-order valence-corrected chi connectivity index (χ0v) is 13.9. The summed E-state index contributed by atoms with van der Waals surface area (Å²) in [5.41, 5.74) is 1.95. The van der Waals surface area contributed by atoms with Crippen LogP contribution in [-0.4, -0.2) is 15.7 Å². The van der Waals surface area contributed by atoms with Crippen LogP contribution < -0.4 is 5.32 Å². The van der Waals surface area contributed by atoms with Gasteiger partial charge in [0.05, 0.1) is 11.9 Å². The number of nitrogens with one attached hydrogen (secondary N) is 1. The molecule has 0 atom stereocenters. The molecule has 23 heavy (non-hydrogen) atoms. The van der Waals surface area contributed by atoms with Crippen LogP contribution >= 0.6 is 11.6 Å². The van der Waals surface area contributed by atoms with Crippen LogP contribution in [0.4, 0.5) is 0 Å². The number of benzene rings is 1. The second-order valence-electron chi connectivity index (χ2n) is 6.25. The fourth-order valence-electron chi connectivity index (χ4n) is 3.11. The van der Waals surface area contributed by atoms with Crippen LogP contribution in [-0.2, 0) is 11.3 Å². The number of carbonyl (C=O) groups excluding carboxylic acids is 1. The van der Waals surface area contributed by atoms with Gasteiger partial charge in [-0.3, -0.25) is 4.79 Å². The maximum atomic E-state index is 12.0. The number of amides is 1. The van der Waals surface area contributed by atoms with Gasteiger partial charge in [-0.15, -0.1) is 0 Å². The highest BCUT2D eigenvalue weighted by molar-refractivity contribution is 6.30. The van der Waals surface area contributed by atoms with E-state index in [0.717, 1.165) is 11.3 Å². The molecule has 0 saturated heterocycles. The van der Waals surface area contributed by atoms with Crippen molar-refractivity contribution in [1.82, 2.24) is 15.1 Å². The number of carbonyl (C=O) groups is 1. The Morgan fingerprint density at radius 2 is 1.96 bits per heavy atom. The first-order chi connectivity index (χ1) is 11.2. The first kappa shape index (κ1) is 16.1. The summed E-state index contributed by atoms with van der Waals surface area (Å²) in [6.07, 6.45) is 10.6. The molecule has 0 bridgehead atoms. The minimum atomic E-state index is 0.149. The molecule has 1 N–H and O–H groups in total. The lowest BCUT2D eigenvalue weighted by Gasteiger charge is -2.20. The van der Waals surface area contributed by atoms with Crippen molar-refractivity contribution < 1.29 is 4.79 Å². The SMILES string of the molecule is O=C(CC1CCCCC1)NCc1cnn(-c2ccc(Cl)cc2)c1. The van der Waals surface area contributed by atoms with Crippen molar-refractivity contribution in [2.24, 2.45) is 5.92 Å². The normalized spacial score (nSPS) is 15.5. The van der Waals surface area contributed by atoms with Crippen molar-refractivity contribution in [3.8, 4) is 5.69 Å². The quantitative estimate of drug-likeness (QED) is 0.896. The van der Waals surface area contributed by atoms with E-state index in [1.165, 1.54) is 32.1 Å². The molecule has 0 aliphatic heterocycles. The zero-order valence-electron chi connectivity index (χ0n) is 13.2. The first-order valence-electron chi connectivity index (χ1n) is 8.27. The van der Waals surface area contributed by atoms with E-state index in [1.807, 2.05) is 30.5 Å². The van der Waals surface area contributed by atoms with Crippen LogP contribution in [0.5, 0.6) is 0 Å². The van der Waals surface area contributed by atoms with Gasteiger partial charge < -0.3 is 5.32 Å². The average Bonchev–Trinajstić information content (AvgIpc) is 3.04. The van der Waals surface area contributed by atoms with Gasteiger partial charge >= 0.3 is 0 Å². The maximum Gasteiger partial charge on any atom is 0.220 e. The number of hydrogen-bond donors (Lipinski definition) is 1. The molecule has 1 aromatic carbocycles. The van der Waals surface area contributed by atoms with Gasteiger partial charge in [-0.25, -0.2) is 4.68 Å². The molecule has 2 aromatic rings. The van der Waals surface area contributed by atoms with Crippen LogP contribution in [0, 0.1) is 5.92 Å². The van der Waals surface area contributed by atoms with E-state index in [-0.39, 0.29) is 5.91 Å². The molecular weight excluding hydrogens is 310 g/mol. The Hall–Kier alpha value is -1.81. The van der Waals surface area contributed by atoms with E-state index in [0.29, 0.717) is 23.9 Å². The van der Waals surface area contributed by atoms with E-state index >= 15 is 0 Å². The molecule has 5 heteroatoms. The minimum Gasteiger partial charge on any atom is -0.352 e. The van der Waals surface area contributed by atoms with E-state index < -0.39 is 0 Å². The topological polar surface area (TPSA) is 46.9 Å². The molecule has 0 spiro atoms. The van der Waals surface area contributed by atoms with Gasteiger partial charge in [-0.05, 0) is 43.0 Å². The maximum absolute atomic E-state index is 12.0. The molecule has 122 valence electrons. The summed E-state index contributed by atoms with van der Waals surface area (Å²) in [6, 6.07) is 7.51. The Balaban J connectivity index is 1.50. The molecule has 1 amide bonds. The van der Waals surface area contributed by atoms with Crippen molar-refractivity contribution in [3.05, 3.63) is 47.2 Å².